The lowest BCUT2D eigenvalue weighted by Crippen LogP contribution is -2.60. The van der Waals surface area contributed by atoms with Crippen LogP contribution in [0, 0.1) is 5.92 Å². The zero-order chi connectivity index (χ0) is 34.3. The highest BCUT2D eigenvalue weighted by atomic mass is 16.7. The maximum absolute atomic E-state index is 11.4. The molecule has 2 aliphatic heterocycles. The quantitative estimate of drug-likeness (QED) is 0.0524. The van der Waals surface area contributed by atoms with Gasteiger partial charge in [0.25, 0.3) is 0 Å². The Morgan fingerprint density at radius 3 is 1.72 bits per heavy atom. The Hall–Kier alpha value is -0.400. The van der Waals surface area contributed by atoms with Gasteiger partial charge in [0.05, 0.1) is 31.6 Å². The van der Waals surface area contributed by atoms with Crippen molar-refractivity contribution in [3.8, 4) is 0 Å². The van der Waals surface area contributed by atoms with E-state index in [1.165, 1.54) is 103 Å². The average Bonchev–Trinajstić information content (AvgIpc) is 3.54. The van der Waals surface area contributed by atoms with Crippen molar-refractivity contribution >= 4 is 0 Å². The molecule has 0 aromatic heterocycles. The van der Waals surface area contributed by atoms with E-state index in [1.807, 2.05) is 0 Å². The number of aliphatic hydroxyl groups is 6. The molecule has 2 saturated heterocycles. The number of nitrogens with one attached hydrogen (secondary N) is 2. The highest BCUT2D eigenvalue weighted by Gasteiger charge is 2.45. The predicted molar refractivity (Wildman–Crippen MR) is 187 cm³/mol. The Kier molecular flexibility index (Phi) is 24.0. The van der Waals surface area contributed by atoms with Gasteiger partial charge in [0.2, 0.25) is 0 Å². The maximum atomic E-state index is 11.4. The van der Waals surface area contributed by atoms with E-state index >= 15 is 0 Å². The molecule has 2 heterocycles. The van der Waals surface area contributed by atoms with Crippen molar-refractivity contribution in [3.05, 3.63) is 0 Å². The molecule has 0 aliphatic carbocycles. The molecule has 0 radical (unpaired) electrons. The second-order valence-corrected chi connectivity index (χ2v) is 14.4. The van der Waals surface area contributed by atoms with Crippen molar-refractivity contribution in [3.63, 3.8) is 0 Å². The van der Waals surface area contributed by atoms with Crippen molar-refractivity contribution in [2.45, 2.75) is 210 Å². The average molecular weight is 675 g/mol. The van der Waals surface area contributed by atoms with Crippen molar-refractivity contribution in [2.24, 2.45) is 5.92 Å². The zero-order valence-electron chi connectivity index (χ0n) is 30.0. The first-order valence-electron chi connectivity index (χ1n) is 19.6. The molecule has 0 amide bonds. The molecule has 280 valence electrons. The number of aliphatic hydroxyl groups excluding tert-OH is 6. The minimum absolute atomic E-state index is 0.0610. The molecule has 7 unspecified atom stereocenters. The maximum Gasteiger partial charge on any atom is 0.186 e. The van der Waals surface area contributed by atoms with Crippen LogP contribution in [0.3, 0.4) is 0 Å². The Labute approximate surface area is 286 Å². The molecule has 8 N–H and O–H groups in total. The number of hydrogen-bond donors (Lipinski definition) is 8. The van der Waals surface area contributed by atoms with E-state index in [-0.39, 0.29) is 18.8 Å². The Bertz CT molecular complexity index is 734. The second kappa shape index (κ2) is 26.4. The van der Waals surface area contributed by atoms with Gasteiger partial charge in [0.1, 0.15) is 24.4 Å². The third kappa shape index (κ3) is 16.9. The first-order valence-corrected chi connectivity index (χ1v) is 19.6. The minimum atomic E-state index is -1.54. The predicted octanol–water partition coefficient (Wildman–Crippen LogP) is 4.65. The summed E-state index contributed by atoms with van der Waals surface area (Å²) in [5.74, 6) is -0.557. The molecule has 0 aromatic carbocycles. The van der Waals surface area contributed by atoms with E-state index in [0.29, 0.717) is 6.42 Å². The van der Waals surface area contributed by atoms with E-state index < -0.39 is 55.4 Å². The second-order valence-electron chi connectivity index (χ2n) is 14.4. The number of ether oxygens (including phenoxy) is 2. The third-order valence-electron chi connectivity index (χ3n) is 10.3. The van der Waals surface area contributed by atoms with Gasteiger partial charge < -0.3 is 40.1 Å². The Morgan fingerprint density at radius 1 is 0.681 bits per heavy atom. The van der Waals surface area contributed by atoms with Crippen LogP contribution in [0.4, 0.5) is 0 Å². The summed E-state index contributed by atoms with van der Waals surface area (Å²) in [5.41, 5.74) is 0. The van der Waals surface area contributed by atoms with Gasteiger partial charge >= 0.3 is 0 Å². The van der Waals surface area contributed by atoms with Gasteiger partial charge in [-0.15, -0.1) is 0 Å². The molecule has 2 rings (SSSR count). The Morgan fingerprint density at radius 2 is 1.19 bits per heavy atom. The van der Waals surface area contributed by atoms with Crippen LogP contribution in [0.15, 0.2) is 0 Å². The van der Waals surface area contributed by atoms with Crippen LogP contribution in [0.5, 0.6) is 0 Å². The standard InChI is InChI=1S/C37H74N2O8/c1-3-5-7-9-11-13-14-15-16-18-20-22-24-30(41)32(42)29(27-46-37-35(45)34(44)33(43)31(26-40)47-37)36-38-25-28(39-36)23-21-19-17-12-10-8-6-4-2/h28-45H,3-27H2,1-2H3/t28?,29-,30+,31?,32-,33?,34?,35?,36?,37?/m0/s1. The lowest BCUT2D eigenvalue weighted by atomic mass is 9.92. The van der Waals surface area contributed by atoms with E-state index in [0.717, 1.165) is 38.6 Å². The van der Waals surface area contributed by atoms with Gasteiger partial charge in [-0.1, -0.05) is 142 Å². The molecule has 10 atom stereocenters. The van der Waals surface area contributed by atoms with E-state index in [9.17, 15) is 30.6 Å². The van der Waals surface area contributed by atoms with E-state index in [2.05, 4.69) is 24.5 Å². The van der Waals surface area contributed by atoms with Crippen molar-refractivity contribution in [1.29, 1.82) is 0 Å². The van der Waals surface area contributed by atoms with Crippen LogP contribution in [0.25, 0.3) is 0 Å². The SMILES string of the molecule is CCCCCCCCCCCCCC[C@@H](O)[C@@H](O)[C@H](COC1OC(CO)C(O)C(O)C1O)C1NCC(CCCCCCCCCC)N1. The molecule has 2 aliphatic rings. The van der Waals surface area contributed by atoms with Gasteiger partial charge in [-0.3, -0.25) is 10.6 Å². The summed E-state index contributed by atoms with van der Waals surface area (Å²) in [4.78, 5) is 0. The summed E-state index contributed by atoms with van der Waals surface area (Å²) in [5, 5.41) is 69.9. The van der Waals surface area contributed by atoms with Gasteiger partial charge in [0.15, 0.2) is 6.29 Å². The number of hydrogen-bond acceptors (Lipinski definition) is 10. The summed E-state index contributed by atoms with van der Waals surface area (Å²) in [7, 11) is 0. The monoisotopic (exact) mass is 675 g/mol. The summed E-state index contributed by atoms with van der Waals surface area (Å²) in [6.45, 7) is 4.63. The number of rotatable bonds is 29. The van der Waals surface area contributed by atoms with Crippen LogP contribution in [-0.2, 0) is 9.47 Å². The molecule has 0 bridgehead atoms. The normalized spacial score (nSPS) is 28.5. The fourth-order valence-corrected chi connectivity index (χ4v) is 7.08. The molecule has 10 nitrogen and oxygen atoms in total. The lowest BCUT2D eigenvalue weighted by molar-refractivity contribution is -0.305. The van der Waals surface area contributed by atoms with Gasteiger partial charge in [-0.05, 0) is 12.8 Å². The summed E-state index contributed by atoms with van der Waals surface area (Å²) < 4.78 is 11.4. The molecular weight excluding hydrogens is 600 g/mol. The highest BCUT2D eigenvalue weighted by Crippen LogP contribution is 2.26. The summed E-state index contributed by atoms with van der Waals surface area (Å²) in [6.07, 6.45) is 17.2. The molecule has 10 heteroatoms. The van der Waals surface area contributed by atoms with Crippen LogP contribution < -0.4 is 10.6 Å². The molecule has 0 saturated carbocycles. The molecule has 0 spiro atoms. The van der Waals surface area contributed by atoms with Crippen molar-refractivity contribution in [1.82, 2.24) is 10.6 Å². The van der Waals surface area contributed by atoms with Crippen LogP contribution in [0.2, 0.25) is 0 Å². The molecule has 2 fully saturated rings. The zero-order valence-corrected chi connectivity index (χ0v) is 30.0. The summed E-state index contributed by atoms with van der Waals surface area (Å²) in [6, 6.07) is 0.246. The van der Waals surface area contributed by atoms with E-state index in [1.54, 1.807) is 0 Å². The fourth-order valence-electron chi connectivity index (χ4n) is 7.08. The van der Waals surface area contributed by atoms with Crippen LogP contribution in [0.1, 0.15) is 155 Å². The van der Waals surface area contributed by atoms with Crippen molar-refractivity contribution < 1.29 is 40.1 Å². The van der Waals surface area contributed by atoms with Crippen molar-refractivity contribution in [2.75, 3.05) is 19.8 Å². The van der Waals surface area contributed by atoms with Crippen LogP contribution >= 0.6 is 0 Å². The fraction of sp³-hybridized carbons (Fsp3) is 1.00. The van der Waals surface area contributed by atoms with E-state index in [4.69, 9.17) is 9.47 Å². The van der Waals surface area contributed by atoms with Gasteiger partial charge in [-0.25, -0.2) is 0 Å². The first-order chi connectivity index (χ1) is 22.8. The van der Waals surface area contributed by atoms with Gasteiger partial charge in [-0.2, -0.15) is 0 Å². The Balaban J connectivity index is 1.81. The molecular formula is C37H74N2O8. The topological polar surface area (TPSA) is 164 Å². The third-order valence-corrected chi connectivity index (χ3v) is 10.3. The number of unbranched alkanes of at least 4 members (excludes halogenated alkanes) is 18. The van der Waals surface area contributed by atoms with Gasteiger partial charge in [0, 0.05) is 18.5 Å². The highest BCUT2D eigenvalue weighted by molar-refractivity contribution is 4.93. The van der Waals surface area contributed by atoms with Crippen LogP contribution in [-0.4, -0.2) is 106 Å². The minimum Gasteiger partial charge on any atom is -0.394 e. The molecule has 47 heavy (non-hydrogen) atoms. The first kappa shape index (κ1) is 42.8. The molecule has 0 aromatic rings. The summed E-state index contributed by atoms with van der Waals surface area (Å²) >= 11 is 0. The largest absolute Gasteiger partial charge is 0.394 e. The lowest BCUT2D eigenvalue weighted by Gasteiger charge is -2.40. The smallest absolute Gasteiger partial charge is 0.186 e.